The summed E-state index contributed by atoms with van der Waals surface area (Å²) in [5.41, 5.74) is 3.13. The Hall–Kier alpha value is -2.75. The fourth-order valence-electron chi connectivity index (χ4n) is 3.03. The van der Waals surface area contributed by atoms with Gasteiger partial charge in [-0.05, 0) is 12.1 Å². The monoisotopic (exact) mass is 276 g/mol. The summed E-state index contributed by atoms with van der Waals surface area (Å²) in [7, 11) is 0. The van der Waals surface area contributed by atoms with Gasteiger partial charge in [-0.25, -0.2) is 0 Å². The molecule has 2 aromatic carbocycles. The highest BCUT2D eigenvalue weighted by Gasteiger charge is 2.15. The van der Waals surface area contributed by atoms with E-state index in [0.717, 1.165) is 38.8 Å². The summed E-state index contributed by atoms with van der Waals surface area (Å²) < 4.78 is 11.3. The third kappa shape index (κ3) is 1.47. The van der Waals surface area contributed by atoms with Gasteiger partial charge in [-0.15, -0.1) is 0 Å². The van der Waals surface area contributed by atoms with Gasteiger partial charge in [0.1, 0.15) is 13.2 Å². The van der Waals surface area contributed by atoms with Gasteiger partial charge >= 0.3 is 0 Å². The Balaban J connectivity index is 1.94. The molecule has 0 saturated carbocycles. The van der Waals surface area contributed by atoms with E-state index < -0.39 is 0 Å². The summed E-state index contributed by atoms with van der Waals surface area (Å²) in [6.45, 7) is 1.18. The lowest BCUT2D eigenvalue weighted by atomic mass is 10.1. The third-order valence-corrected chi connectivity index (χ3v) is 4.01. The first-order valence-corrected chi connectivity index (χ1v) is 6.99. The molecule has 5 rings (SSSR count). The van der Waals surface area contributed by atoms with Crippen molar-refractivity contribution in [3.63, 3.8) is 0 Å². The van der Waals surface area contributed by atoms with Gasteiger partial charge in [0, 0.05) is 33.9 Å². The van der Waals surface area contributed by atoms with Crippen LogP contribution in [0.5, 0.6) is 11.5 Å². The van der Waals surface area contributed by atoms with Crippen molar-refractivity contribution in [2.75, 3.05) is 13.2 Å². The molecule has 0 spiro atoms. The molecule has 4 nitrogen and oxygen atoms in total. The van der Waals surface area contributed by atoms with Gasteiger partial charge in [-0.1, -0.05) is 18.2 Å². The number of fused-ring (bicyclic) bond motifs is 6. The Bertz CT molecular complexity index is 1000. The van der Waals surface area contributed by atoms with E-state index in [1.807, 2.05) is 30.5 Å². The number of pyridine rings is 1. The zero-order valence-electron chi connectivity index (χ0n) is 11.2. The molecular formula is C17H12N2O2. The van der Waals surface area contributed by atoms with Crippen molar-refractivity contribution >= 4 is 32.7 Å². The largest absolute Gasteiger partial charge is 0.486 e. The first kappa shape index (κ1) is 11.0. The van der Waals surface area contributed by atoms with Crippen molar-refractivity contribution in [2.24, 2.45) is 0 Å². The van der Waals surface area contributed by atoms with E-state index >= 15 is 0 Å². The van der Waals surface area contributed by atoms with Crippen molar-refractivity contribution in [3.8, 4) is 11.5 Å². The van der Waals surface area contributed by atoms with Crippen LogP contribution in [-0.2, 0) is 0 Å². The predicted octanol–water partition coefficient (Wildman–Crippen LogP) is 3.64. The lowest BCUT2D eigenvalue weighted by molar-refractivity contribution is 0.172. The van der Waals surface area contributed by atoms with Crippen LogP contribution in [0.2, 0.25) is 0 Å². The maximum Gasteiger partial charge on any atom is 0.163 e. The number of nitrogens with one attached hydrogen (secondary N) is 1. The van der Waals surface area contributed by atoms with E-state index in [4.69, 9.17) is 9.47 Å². The van der Waals surface area contributed by atoms with Crippen molar-refractivity contribution in [1.29, 1.82) is 0 Å². The second kappa shape index (κ2) is 3.88. The Morgan fingerprint density at radius 2 is 1.71 bits per heavy atom. The summed E-state index contributed by atoms with van der Waals surface area (Å²) in [5.74, 6) is 1.57. The van der Waals surface area contributed by atoms with E-state index in [1.165, 1.54) is 5.39 Å². The van der Waals surface area contributed by atoms with Gasteiger partial charge < -0.3 is 14.5 Å². The molecule has 4 heteroatoms. The van der Waals surface area contributed by atoms with Gasteiger partial charge in [-0.3, -0.25) is 4.98 Å². The lowest BCUT2D eigenvalue weighted by Crippen LogP contribution is -2.15. The molecule has 0 unspecified atom stereocenters. The van der Waals surface area contributed by atoms with E-state index in [2.05, 4.69) is 22.1 Å². The number of ether oxygens (including phenoxy) is 2. The number of hydrogen-bond donors (Lipinski definition) is 1. The standard InChI is InChI=1S/C17H12N2O2/c1-2-4-13-10(3-1)12-9-18-14-8-16-15(20-5-6-21-16)7-11(14)17(12)19-13/h1-4,7-9,19H,5-6H2. The molecule has 0 fully saturated rings. The molecule has 21 heavy (non-hydrogen) atoms. The maximum absolute atomic E-state index is 5.69. The fraction of sp³-hybridized carbons (Fsp3) is 0.118. The van der Waals surface area contributed by atoms with E-state index in [0.29, 0.717) is 13.2 Å². The average molecular weight is 276 g/mol. The summed E-state index contributed by atoms with van der Waals surface area (Å²) in [6.07, 6.45) is 1.92. The molecule has 3 heterocycles. The predicted molar refractivity (Wildman–Crippen MR) is 82.1 cm³/mol. The van der Waals surface area contributed by atoms with Gasteiger partial charge in [-0.2, -0.15) is 0 Å². The molecule has 1 aliphatic rings. The number of aromatic nitrogens is 2. The fourth-order valence-corrected chi connectivity index (χ4v) is 3.03. The first-order valence-electron chi connectivity index (χ1n) is 6.99. The number of benzene rings is 2. The van der Waals surface area contributed by atoms with Crippen LogP contribution >= 0.6 is 0 Å². The van der Waals surface area contributed by atoms with Crippen LogP contribution in [0, 0.1) is 0 Å². The molecular weight excluding hydrogens is 264 g/mol. The minimum Gasteiger partial charge on any atom is -0.486 e. The number of rotatable bonds is 0. The van der Waals surface area contributed by atoms with Crippen molar-refractivity contribution in [2.45, 2.75) is 0 Å². The molecule has 1 N–H and O–H groups in total. The Labute approximate surface area is 120 Å². The first-order chi connectivity index (χ1) is 10.4. The highest BCUT2D eigenvalue weighted by Crippen LogP contribution is 2.37. The van der Waals surface area contributed by atoms with Crippen molar-refractivity contribution in [1.82, 2.24) is 9.97 Å². The van der Waals surface area contributed by atoms with Gasteiger partial charge in [0.25, 0.3) is 0 Å². The molecule has 0 aliphatic carbocycles. The van der Waals surface area contributed by atoms with E-state index in [-0.39, 0.29) is 0 Å². The Morgan fingerprint density at radius 3 is 2.62 bits per heavy atom. The molecule has 0 radical (unpaired) electrons. The minimum atomic E-state index is 0.590. The highest BCUT2D eigenvalue weighted by molar-refractivity contribution is 6.16. The number of nitrogens with zero attached hydrogens (tertiary/aromatic N) is 1. The van der Waals surface area contributed by atoms with Crippen LogP contribution in [0.1, 0.15) is 0 Å². The van der Waals surface area contributed by atoms with E-state index in [9.17, 15) is 0 Å². The molecule has 4 aromatic rings. The maximum atomic E-state index is 5.69. The lowest BCUT2D eigenvalue weighted by Gasteiger charge is -2.18. The normalized spacial score (nSPS) is 14.1. The van der Waals surface area contributed by atoms with Gasteiger partial charge in [0.15, 0.2) is 11.5 Å². The second-order valence-corrected chi connectivity index (χ2v) is 5.23. The molecule has 2 aromatic heterocycles. The van der Waals surface area contributed by atoms with Crippen LogP contribution in [-0.4, -0.2) is 23.2 Å². The summed E-state index contributed by atoms with van der Waals surface area (Å²) in [4.78, 5) is 8.08. The highest BCUT2D eigenvalue weighted by atomic mass is 16.6. The summed E-state index contributed by atoms with van der Waals surface area (Å²) >= 11 is 0. The Kier molecular flexibility index (Phi) is 2.03. The van der Waals surface area contributed by atoms with Gasteiger partial charge in [0.2, 0.25) is 0 Å². The molecule has 102 valence electrons. The summed E-state index contributed by atoms with van der Waals surface area (Å²) in [5, 5.41) is 3.39. The minimum absolute atomic E-state index is 0.590. The SMILES string of the molecule is c1ccc2c(c1)[nH]c1c3cc4c(cc3ncc21)OCCO4. The van der Waals surface area contributed by atoms with Crippen LogP contribution in [0.3, 0.4) is 0 Å². The number of H-pyrrole nitrogens is 1. The smallest absolute Gasteiger partial charge is 0.163 e. The number of para-hydroxylation sites is 1. The summed E-state index contributed by atoms with van der Waals surface area (Å²) in [6, 6.07) is 12.2. The molecule has 0 saturated heterocycles. The van der Waals surface area contributed by atoms with Crippen LogP contribution in [0.25, 0.3) is 32.7 Å². The van der Waals surface area contributed by atoms with Crippen LogP contribution in [0.15, 0.2) is 42.6 Å². The van der Waals surface area contributed by atoms with E-state index in [1.54, 1.807) is 0 Å². The molecule has 0 atom stereocenters. The molecule has 0 bridgehead atoms. The number of aromatic amines is 1. The topological polar surface area (TPSA) is 47.1 Å². The Morgan fingerprint density at radius 1 is 0.905 bits per heavy atom. The quantitative estimate of drug-likeness (QED) is 0.533. The average Bonchev–Trinajstić information content (AvgIpc) is 2.92. The second-order valence-electron chi connectivity index (χ2n) is 5.23. The third-order valence-electron chi connectivity index (χ3n) is 4.01. The van der Waals surface area contributed by atoms with Crippen LogP contribution < -0.4 is 9.47 Å². The van der Waals surface area contributed by atoms with Crippen LogP contribution in [0.4, 0.5) is 0 Å². The van der Waals surface area contributed by atoms with Gasteiger partial charge in [0.05, 0.1) is 11.0 Å². The van der Waals surface area contributed by atoms with Crippen molar-refractivity contribution < 1.29 is 9.47 Å². The zero-order valence-corrected chi connectivity index (χ0v) is 11.2. The zero-order chi connectivity index (χ0) is 13.8. The number of hydrogen-bond acceptors (Lipinski definition) is 3. The van der Waals surface area contributed by atoms with Crippen molar-refractivity contribution in [3.05, 3.63) is 42.6 Å². The molecule has 0 amide bonds. The molecule has 1 aliphatic heterocycles.